The zero-order valence-corrected chi connectivity index (χ0v) is 18.4. The number of aliphatic hydroxyl groups is 1. The van der Waals surface area contributed by atoms with Crippen LogP contribution in [0.2, 0.25) is 0 Å². The van der Waals surface area contributed by atoms with Gasteiger partial charge in [0.2, 0.25) is 5.91 Å². The fourth-order valence-corrected chi connectivity index (χ4v) is 4.69. The summed E-state index contributed by atoms with van der Waals surface area (Å²) in [4.78, 5) is 17.1. The van der Waals surface area contributed by atoms with E-state index in [0.29, 0.717) is 18.0 Å². The third-order valence-electron chi connectivity index (χ3n) is 4.74. The molecule has 0 aromatic heterocycles. The highest BCUT2D eigenvalue weighted by atomic mass is 32.2. The minimum absolute atomic E-state index is 0.0153. The van der Waals surface area contributed by atoms with Crippen molar-refractivity contribution in [3.8, 4) is 5.75 Å². The van der Waals surface area contributed by atoms with Crippen molar-refractivity contribution in [1.82, 2.24) is 4.47 Å². The molecule has 1 heterocycles. The predicted octanol–water partition coefficient (Wildman–Crippen LogP) is 3.03. The van der Waals surface area contributed by atoms with Gasteiger partial charge in [0.25, 0.3) is 10.0 Å². The van der Waals surface area contributed by atoms with Crippen LogP contribution in [0.4, 0.5) is 5.69 Å². The summed E-state index contributed by atoms with van der Waals surface area (Å²) in [5, 5.41) is 12.4. The van der Waals surface area contributed by atoms with Crippen molar-refractivity contribution in [3.05, 3.63) is 65.7 Å². The zero-order valence-electron chi connectivity index (χ0n) is 17.6. The van der Waals surface area contributed by atoms with Gasteiger partial charge >= 0.3 is 0 Å². The zero-order chi connectivity index (χ0) is 22.6. The largest absolute Gasteiger partial charge is 0.494 e. The van der Waals surface area contributed by atoms with Crippen molar-refractivity contribution in [2.45, 2.75) is 37.8 Å². The third kappa shape index (κ3) is 5.13. The van der Waals surface area contributed by atoms with Crippen LogP contribution in [0.5, 0.6) is 5.75 Å². The second kappa shape index (κ2) is 9.61. The molecule has 0 saturated heterocycles. The average Bonchev–Trinajstić information content (AvgIpc) is 2.74. The molecule has 8 nitrogen and oxygen atoms in total. The Labute approximate surface area is 182 Å². The monoisotopic (exact) mass is 446 g/mol. The number of ether oxygens (including phenoxy) is 1. The first-order valence-corrected chi connectivity index (χ1v) is 11.3. The summed E-state index contributed by atoms with van der Waals surface area (Å²) >= 11 is 0. The summed E-state index contributed by atoms with van der Waals surface area (Å²) in [5.74, 6) is 0.454. The predicted molar refractivity (Wildman–Crippen MR) is 116 cm³/mol. The number of aliphatic hydroxyl groups excluding tert-OH is 1. The van der Waals surface area contributed by atoms with Gasteiger partial charge in [0.15, 0.2) is 0 Å². The highest BCUT2D eigenvalue weighted by Gasteiger charge is 2.38. The van der Waals surface area contributed by atoms with Crippen molar-refractivity contribution in [1.29, 1.82) is 0 Å². The minimum Gasteiger partial charge on any atom is -0.494 e. The molecule has 9 heteroatoms. The second-order valence-electron chi connectivity index (χ2n) is 7.11. The van der Waals surface area contributed by atoms with E-state index in [2.05, 4.69) is 5.32 Å². The smallest absolute Gasteiger partial charge is 0.265 e. The van der Waals surface area contributed by atoms with Gasteiger partial charge in [0.05, 0.1) is 24.2 Å². The Morgan fingerprint density at radius 2 is 1.81 bits per heavy atom. The number of benzene rings is 2. The van der Waals surface area contributed by atoms with E-state index in [0.717, 1.165) is 15.6 Å². The van der Waals surface area contributed by atoms with Crippen LogP contribution < -0.4 is 10.1 Å². The van der Waals surface area contributed by atoms with E-state index >= 15 is 0 Å². The third-order valence-corrected chi connectivity index (χ3v) is 6.44. The average molecular weight is 447 g/mol. The normalized spacial score (nSPS) is 19.5. The Hall–Kier alpha value is -2.72. The van der Waals surface area contributed by atoms with Crippen LogP contribution in [0.3, 0.4) is 0 Å². The van der Waals surface area contributed by atoms with Crippen molar-refractivity contribution < 1.29 is 27.9 Å². The van der Waals surface area contributed by atoms with Crippen LogP contribution in [0.25, 0.3) is 0 Å². The number of hydroxylamine groups is 1. The number of hydrogen-bond acceptors (Lipinski definition) is 6. The molecule has 1 aliphatic heterocycles. The summed E-state index contributed by atoms with van der Waals surface area (Å²) in [6.07, 6.45) is 1.06. The fraction of sp³-hybridized carbons (Fsp3) is 0.318. The van der Waals surface area contributed by atoms with Gasteiger partial charge in [-0.05, 0) is 61.4 Å². The first-order chi connectivity index (χ1) is 14.8. The SMILES string of the molecule is CCOc1ccc(C2ON(S(=O)(=O)c3ccc(NC(C)=O)cc3)C(CO)C=C2C)cc1. The molecule has 2 aromatic carbocycles. The number of carbonyl (C=O) groups is 1. The van der Waals surface area contributed by atoms with Crippen molar-refractivity contribution in [2.75, 3.05) is 18.5 Å². The number of carbonyl (C=O) groups excluding carboxylic acids is 1. The maximum absolute atomic E-state index is 13.3. The van der Waals surface area contributed by atoms with Gasteiger partial charge in [-0.15, -0.1) is 0 Å². The molecule has 0 radical (unpaired) electrons. The topological polar surface area (TPSA) is 105 Å². The van der Waals surface area contributed by atoms with Gasteiger partial charge in [0, 0.05) is 12.6 Å². The maximum atomic E-state index is 13.3. The number of rotatable bonds is 7. The van der Waals surface area contributed by atoms with E-state index in [4.69, 9.17) is 9.57 Å². The number of hydrogen-bond donors (Lipinski definition) is 2. The second-order valence-corrected chi connectivity index (χ2v) is 8.90. The highest BCUT2D eigenvalue weighted by molar-refractivity contribution is 7.89. The quantitative estimate of drug-likeness (QED) is 0.634. The molecule has 1 aliphatic rings. The molecule has 0 aliphatic carbocycles. The van der Waals surface area contributed by atoms with Crippen molar-refractivity contribution in [2.24, 2.45) is 0 Å². The Morgan fingerprint density at radius 3 is 2.35 bits per heavy atom. The summed E-state index contributed by atoms with van der Waals surface area (Å²) in [5.41, 5.74) is 2.03. The van der Waals surface area contributed by atoms with Gasteiger partial charge in [-0.2, -0.15) is 0 Å². The molecule has 2 unspecified atom stereocenters. The van der Waals surface area contributed by atoms with E-state index in [-0.39, 0.29) is 10.8 Å². The molecular formula is C22H26N2O6S. The lowest BCUT2D eigenvalue weighted by Crippen LogP contribution is -2.45. The van der Waals surface area contributed by atoms with Gasteiger partial charge in [-0.1, -0.05) is 22.7 Å². The molecule has 2 aromatic rings. The standard InChI is InChI=1S/C22H26N2O6S/c1-4-29-20-9-5-17(6-10-20)22-15(2)13-19(14-25)24(30-22)31(27,28)21-11-7-18(8-12-21)23-16(3)26/h5-13,19,22,25H,4,14H2,1-3H3,(H,23,26). The molecule has 1 amide bonds. The Morgan fingerprint density at radius 1 is 1.16 bits per heavy atom. The van der Waals surface area contributed by atoms with Crippen LogP contribution >= 0.6 is 0 Å². The summed E-state index contributed by atoms with van der Waals surface area (Å²) in [6.45, 7) is 5.20. The van der Waals surface area contributed by atoms with Crippen LogP contribution in [0, 0.1) is 0 Å². The Bertz CT molecular complexity index is 1050. The molecule has 0 bridgehead atoms. The number of anilines is 1. The first kappa shape index (κ1) is 23.0. The fourth-order valence-electron chi connectivity index (χ4n) is 3.32. The van der Waals surface area contributed by atoms with E-state index in [9.17, 15) is 18.3 Å². The van der Waals surface area contributed by atoms with Crippen molar-refractivity contribution in [3.63, 3.8) is 0 Å². The number of amides is 1. The lowest BCUT2D eigenvalue weighted by Gasteiger charge is -2.36. The van der Waals surface area contributed by atoms with Crippen molar-refractivity contribution >= 4 is 21.6 Å². The minimum atomic E-state index is -4.08. The van der Waals surface area contributed by atoms with E-state index in [1.165, 1.54) is 31.2 Å². The van der Waals surface area contributed by atoms with E-state index < -0.39 is 28.8 Å². The molecule has 2 N–H and O–H groups in total. The summed E-state index contributed by atoms with van der Waals surface area (Å²) < 4.78 is 32.8. The van der Waals surface area contributed by atoms with Crippen LogP contribution in [0.1, 0.15) is 32.4 Å². The number of sulfonamides is 1. The number of nitrogens with zero attached hydrogens (tertiary/aromatic N) is 1. The molecule has 166 valence electrons. The molecule has 31 heavy (non-hydrogen) atoms. The van der Waals surface area contributed by atoms with Gasteiger partial charge in [-0.3, -0.25) is 9.63 Å². The molecule has 0 fully saturated rings. The first-order valence-electron chi connectivity index (χ1n) is 9.87. The highest BCUT2D eigenvalue weighted by Crippen LogP contribution is 2.36. The summed E-state index contributed by atoms with van der Waals surface area (Å²) in [7, 11) is -4.08. The molecule has 0 saturated carbocycles. The van der Waals surface area contributed by atoms with Gasteiger partial charge < -0.3 is 15.2 Å². The van der Waals surface area contributed by atoms with Gasteiger partial charge in [-0.25, -0.2) is 8.42 Å². The Kier molecular flexibility index (Phi) is 7.11. The van der Waals surface area contributed by atoms with Crippen LogP contribution in [-0.2, 0) is 19.7 Å². The maximum Gasteiger partial charge on any atom is 0.265 e. The lowest BCUT2D eigenvalue weighted by molar-refractivity contribution is -0.153. The molecule has 0 spiro atoms. The molecule has 3 rings (SSSR count). The summed E-state index contributed by atoms with van der Waals surface area (Å²) in [6, 6.07) is 12.1. The van der Waals surface area contributed by atoms with Crippen LogP contribution in [-0.4, -0.2) is 43.2 Å². The van der Waals surface area contributed by atoms with E-state index in [1.807, 2.05) is 26.0 Å². The lowest BCUT2D eigenvalue weighted by atomic mass is 10.00. The molecular weight excluding hydrogens is 420 g/mol. The van der Waals surface area contributed by atoms with Gasteiger partial charge in [0.1, 0.15) is 11.9 Å². The van der Waals surface area contributed by atoms with E-state index in [1.54, 1.807) is 18.2 Å². The Balaban J connectivity index is 1.90. The molecule has 2 atom stereocenters. The van der Waals surface area contributed by atoms with Crippen LogP contribution in [0.15, 0.2) is 65.1 Å². The number of nitrogens with one attached hydrogen (secondary N) is 1.